The Labute approximate surface area is 136 Å². The Hall–Kier alpha value is -0.370. The zero-order chi connectivity index (χ0) is 16.0. The van der Waals surface area contributed by atoms with Crippen LogP contribution in [0.25, 0.3) is 0 Å². The third-order valence-corrected chi connectivity index (χ3v) is 5.86. The van der Waals surface area contributed by atoms with Gasteiger partial charge in [0.1, 0.15) is 10.7 Å². The zero-order valence-electron chi connectivity index (χ0n) is 13.1. The highest BCUT2D eigenvalue weighted by Gasteiger charge is 2.26. The van der Waals surface area contributed by atoms with Gasteiger partial charge in [0, 0.05) is 19.7 Å². The summed E-state index contributed by atoms with van der Waals surface area (Å²) in [6.07, 6.45) is 1.85. The molecule has 1 rings (SSSR count). The van der Waals surface area contributed by atoms with Gasteiger partial charge in [-0.1, -0.05) is 20.8 Å². The van der Waals surface area contributed by atoms with E-state index in [1.807, 2.05) is 0 Å². The van der Waals surface area contributed by atoms with Crippen molar-refractivity contribution in [2.24, 2.45) is 5.92 Å². The van der Waals surface area contributed by atoms with Gasteiger partial charge in [0.05, 0.1) is 6.54 Å². The van der Waals surface area contributed by atoms with Gasteiger partial charge < -0.3 is 9.73 Å². The van der Waals surface area contributed by atoms with E-state index in [1.165, 1.54) is 4.31 Å². The van der Waals surface area contributed by atoms with E-state index in [0.29, 0.717) is 24.8 Å². The highest BCUT2D eigenvalue weighted by atomic mass is 79.9. The first-order valence-electron chi connectivity index (χ1n) is 7.24. The Morgan fingerprint density at radius 2 is 2.10 bits per heavy atom. The Bertz CT molecular complexity index is 540. The van der Waals surface area contributed by atoms with Crippen molar-refractivity contribution in [2.45, 2.75) is 45.1 Å². The summed E-state index contributed by atoms with van der Waals surface area (Å²) >= 11 is 3.21. The van der Waals surface area contributed by atoms with Crippen LogP contribution >= 0.6 is 15.9 Å². The second kappa shape index (κ2) is 8.31. The molecule has 0 fully saturated rings. The quantitative estimate of drug-likeness (QED) is 0.668. The number of hydrogen-bond donors (Lipinski definition) is 1. The summed E-state index contributed by atoms with van der Waals surface area (Å²) in [4.78, 5) is 0.196. The molecule has 1 N–H and O–H groups in total. The smallest absolute Gasteiger partial charge is 0.247 e. The predicted octanol–water partition coefficient (Wildman–Crippen LogP) is 3.21. The minimum absolute atomic E-state index is 0.196. The Morgan fingerprint density at radius 3 is 2.67 bits per heavy atom. The third-order valence-electron chi connectivity index (χ3n) is 3.14. The minimum Gasteiger partial charge on any atom is -0.452 e. The van der Waals surface area contributed by atoms with E-state index >= 15 is 0 Å². The fourth-order valence-corrected chi connectivity index (χ4v) is 3.92. The van der Waals surface area contributed by atoms with Crippen molar-refractivity contribution < 1.29 is 12.8 Å². The van der Waals surface area contributed by atoms with Gasteiger partial charge in [0.25, 0.3) is 0 Å². The van der Waals surface area contributed by atoms with Gasteiger partial charge in [-0.2, -0.15) is 0 Å². The molecule has 0 aliphatic rings. The van der Waals surface area contributed by atoms with Crippen molar-refractivity contribution in [3.8, 4) is 0 Å². The summed E-state index contributed by atoms with van der Waals surface area (Å²) < 4.78 is 32.2. The van der Waals surface area contributed by atoms with Crippen LogP contribution in [0, 0.1) is 5.92 Å². The van der Waals surface area contributed by atoms with Crippen LogP contribution in [0.15, 0.2) is 20.0 Å². The maximum absolute atomic E-state index is 12.5. The average Bonchev–Trinajstić information content (AvgIpc) is 2.78. The van der Waals surface area contributed by atoms with Gasteiger partial charge in [-0.15, -0.1) is 0 Å². The summed E-state index contributed by atoms with van der Waals surface area (Å²) in [7, 11) is -1.91. The lowest BCUT2D eigenvalue weighted by Gasteiger charge is -2.17. The van der Waals surface area contributed by atoms with E-state index in [-0.39, 0.29) is 9.56 Å². The number of furan rings is 1. The first-order chi connectivity index (χ1) is 9.78. The lowest BCUT2D eigenvalue weighted by atomic mass is 10.1. The van der Waals surface area contributed by atoms with Crippen LogP contribution in [0.5, 0.6) is 0 Å². The van der Waals surface area contributed by atoms with Crippen molar-refractivity contribution in [1.82, 2.24) is 9.62 Å². The minimum atomic E-state index is -3.51. The van der Waals surface area contributed by atoms with E-state index in [2.05, 4.69) is 42.0 Å². The molecular formula is C14H25BrN2O3S. The second-order valence-corrected chi connectivity index (χ2v) is 8.27. The van der Waals surface area contributed by atoms with Crippen LogP contribution < -0.4 is 5.32 Å². The van der Waals surface area contributed by atoms with Crippen molar-refractivity contribution in [3.05, 3.63) is 16.5 Å². The fourth-order valence-electron chi connectivity index (χ4n) is 1.78. The Morgan fingerprint density at radius 1 is 1.43 bits per heavy atom. The standard InChI is InChI=1S/C14H25BrN2O3S/c1-5-7-16-10-12-9-13(14(15)20-12)21(18,19)17(4)8-6-11(2)3/h9,11,16H,5-8,10H2,1-4H3. The highest BCUT2D eigenvalue weighted by molar-refractivity contribution is 9.10. The number of nitrogens with one attached hydrogen (secondary N) is 1. The Balaban J connectivity index is 2.82. The van der Waals surface area contributed by atoms with Crippen molar-refractivity contribution in [1.29, 1.82) is 0 Å². The molecule has 7 heteroatoms. The number of sulfonamides is 1. The molecular weight excluding hydrogens is 356 g/mol. The first-order valence-corrected chi connectivity index (χ1v) is 9.47. The van der Waals surface area contributed by atoms with E-state index in [4.69, 9.17) is 4.42 Å². The summed E-state index contributed by atoms with van der Waals surface area (Å²) in [5, 5.41) is 3.19. The number of hydrogen-bond acceptors (Lipinski definition) is 4. The molecule has 0 saturated carbocycles. The van der Waals surface area contributed by atoms with Crippen LogP contribution in [0.3, 0.4) is 0 Å². The summed E-state index contributed by atoms with van der Waals surface area (Å²) in [6.45, 7) is 8.12. The van der Waals surface area contributed by atoms with Crippen molar-refractivity contribution in [3.63, 3.8) is 0 Å². The fraction of sp³-hybridized carbons (Fsp3) is 0.714. The molecule has 0 atom stereocenters. The Kier molecular flexibility index (Phi) is 7.39. The molecule has 21 heavy (non-hydrogen) atoms. The molecule has 1 aromatic rings. The number of halogens is 1. The molecule has 0 spiro atoms. The SMILES string of the molecule is CCCNCc1cc(S(=O)(=O)N(C)CCC(C)C)c(Br)o1. The van der Waals surface area contributed by atoms with E-state index in [9.17, 15) is 8.42 Å². The van der Waals surface area contributed by atoms with Crippen LogP contribution in [-0.2, 0) is 16.6 Å². The normalized spacial score (nSPS) is 12.5. The predicted molar refractivity (Wildman–Crippen MR) is 87.7 cm³/mol. The zero-order valence-corrected chi connectivity index (χ0v) is 15.6. The van der Waals surface area contributed by atoms with Gasteiger partial charge in [-0.05, 0) is 41.2 Å². The largest absolute Gasteiger partial charge is 0.452 e. The molecule has 122 valence electrons. The first kappa shape index (κ1) is 18.7. The molecule has 0 radical (unpaired) electrons. The second-order valence-electron chi connectivity index (χ2n) is 5.54. The number of rotatable bonds is 9. The van der Waals surface area contributed by atoms with Crippen LogP contribution in [0.4, 0.5) is 0 Å². The molecule has 0 aromatic carbocycles. The van der Waals surface area contributed by atoms with Crippen LogP contribution in [0.1, 0.15) is 39.4 Å². The molecule has 5 nitrogen and oxygen atoms in total. The third kappa shape index (κ3) is 5.39. The average molecular weight is 381 g/mol. The molecule has 0 bridgehead atoms. The maximum atomic E-state index is 12.5. The summed E-state index contributed by atoms with van der Waals surface area (Å²) in [6, 6.07) is 1.59. The van der Waals surface area contributed by atoms with Crippen LogP contribution in [-0.4, -0.2) is 32.9 Å². The van der Waals surface area contributed by atoms with Crippen molar-refractivity contribution in [2.75, 3.05) is 20.1 Å². The molecule has 1 aromatic heterocycles. The van der Waals surface area contributed by atoms with E-state index in [0.717, 1.165) is 19.4 Å². The van der Waals surface area contributed by atoms with Gasteiger partial charge in [0.15, 0.2) is 4.67 Å². The van der Waals surface area contributed by atoms with Crippen LogP contribution in [0.2, 0.25) is 0 Å². The number of nitrogens with zero attached hydrogens (tertiary/aromatic N) is 1. The molecule has 0 saturated heterocycles. The molecule has 0 amide bonds. The molecule has 0 aliphatic heterocycles. The van der Waals surface area contributed by atoms with Gasteiger partial charge in [-0.3, -0.25) is 0 Å². The van der Waals surface area contributed by atoms with E-state index in [1.54, 1.807) is 13.1 Å². The summed E-state index contributed by atoms with van der Waals surface area (Å²) in [5.74, 6) is 1.08. The monoisotopic (exact) mass is 380 g/mol. The summed E-state index contributed by atoms with van der Waals surface area (Å²) in [5.41, 5.74) is 0. The highest BCUT2D eigenvalue weighted by Crippen LogP contribution is 2.28. The van der Waals surface area contributed by atoms with Gasteiger partial charge >= 0.3 is 0 Å². The van der Waals surface area contributed by atoms with E-state index < -0.39 is 10.0 Å². The molecule has 1 heterocycles. The van der Waals surface area contributed by atoms with Gasteiger partial charge in [0.2, 0.25) is 10.0 Å². The lowest BCUT2D eigenvalue weighted by molar-refractivity contribution is 0.425. The lowest BCUT2D eigenvalue weighted by Crippen LogP contribution is -2.28. The topological polar surface area (TPSA) is 62.6 Å². The van der Waals surface area contributed by atoms with Crippen molar-refractivity contribution >= 4 is 26.0 Å². The maximum Gasteiger partial charge on any atom is 0.247 e. The molecule has 0 unspecified atom stereocenters. The molecule has 0 aliphatic carbocycles. The van der Waals surface area contributed by atoms with Gasteiger partial charge in [-0.25, -0.2) is 12.7 Å².